The summed E-state index contributed by atoms with van der Waals surface area (Å²) in [6, 6.07) is 8.47. The normalized spacial score (nSPS) is 18.6. The number of hydrogen-bond donors (Lipinski definition) is 0. The third-order valence-corrected chi connectivity index (χ3v) is 3.75. The molecule has 1 fully saturated rings. The molecule has 0 bridgehead atoms. The maximum Gasteiger partial charge on any atom is 0.137 e. The molecule has 0 N–H and O–H groups in total. The van der Waals surface area contributed by atoms with Gasteiger partial charge in [0, 0.05) is 5.92 Å². The van der Waals surface area contributed by atoms with Gasteiger partial charge in [0.25, 0.3) is 0 Å². The minimum atomic E-state index is 0.142. The van der Waals surface area contributed by atoms with E-state index in [1.807, 2.05) is 0 Å². The van der Waals surface area contributed by atoms with Crippen LogP contribution in [-0.4, -0.2) is 5.78 Å². The summed E-state index contributed by atoms with van der Waals surface area (Å²) < 4.78 is 0. The Morgan fingerprint density at radius 3 is 2.25 bits per heavy atom. The van der Waals surface area contributed by atoms with Crippen molar-refractivity contribution in [2.45, 2.75) is 45.4 Å². The van der Waals surface area contributed by atoms with E-state index >= 15 is 0 Å². The molecule has 0 heterocycles. The molecule has 1 atom stereocenters. The minimum absolute atomic E-state index is 0.142. The maximum atomic E-state index is 11.8. The summed E-state index contributed by atoms with van der Waals surface area (Å²) >= 11 is 0. The number of aryl methyl sites for hydroxylation is 1. The van der Waals surface area contributed by atoms with E-state index in [1.54, 1.807) is 6.92 Å². The Bertz CT molecular complexity index is 358. The zero-order chi connectivity index (χ0) is 11.5. The zero-order valence-corrected chi connectivity index (χ0v) is 10.2. The minimum Gasteiger partial charge on any atom is -0.299 e. The molecule has 1 aromatic carbocycles. The molecular formula is C15H20O. The fourth-order valence-corrected chi connectivity index (χ4v) is 2.90. The summed E-state index contributed by atoms with van der Waals surface area (Å²) in [5.41, 5.74) is 2.47. The predicted molar refractivity (Wildman–Crippen MR) is 66.6 cm³/mol. The standard InChI is InChI=1S/C15H20O/c1-11-7-9-14(10-8-11)15(12(2)16)13-5-3-4-6-13/h7-10,13,15H,3-6H2,1-2H3/t15-/m0/s1. The van der Waals surface area contributed by atoms with E-state index in [0.29, 0.717) is 11.7 Å². The fraction of sp³-hybridized carbons (Fsp3) is 0.533. The third kappa shape index (κ3) is 2.34. The Hall–Kier alpha value is -1.11. The van der Waals surface area contributed by atoms with Crippen LogP contribution in [0.3, 0.4) is 0 Å². The second kappa shape index (κ2) is 4.82. The Morgan fingerprint density at radius 2 is 1.75 bits per heavy atom. The molecule has 0 aliphatic heterocycles. The molecule has 0 radical (unpaired) electrons. The highest BCUT2D eigenvalue weighted by molar-refractivity contribution is 5.83. The lowest BCUT2D eigenvalue weighted by atomic mass is 9.82. The van der Waals surface area contributed by atoms with Gasteiger partial charge in [0.15, 0.2) is 0 Å². The lowest BCUT2D eigenvalue weighted by molar-refractivity contribution is -0.119. The number of carbonyl (C=O) groups is 1. The van der Waals surface area contributed by atoms with E-state index in [0.717, 1.165) is 0 Å². The van der Waals surface area contributed by atoms with Crippen molar-refractivity contribution in [2.75, 3.05) is 0 Å². The molecule has 1 aliphatic rings. The van der Waals surface area contributed by atoms with Crippen molar-refractivity contribution >= 4 is 5.78 Å². The van der Waals surface area contributed by atoms with E-state index in [1.165, 1.54) is 36.8 Å². The summed E-state index contributed by atoms with van der Waals surface area (Å²) in [7, 11) is 0. The molecule has 1 saturated carbocycles. The van der Waals surface area contributed by atoms with Gasteiger partial charge in [0.05, 0.1) is 0 Å². The predicted octanol–water partition coefficient (Wildman–Crippen LogP) is 3.86. The summed E-state index contributed by atoms with van der Waals surface area (Å²) in [6.45, 7) is 3.82. The van der Waals surface area contributed by atoms with Crippen LogP contribution in [0, 0.1) is 12.8 Å². The molecule has 0 saturated heterocycles. The molecule has 16 heavy (non-hydrogen) atoms. The summed E-state index contributed by atoms with van der Waals surface area (Å²) in [4.78, 5) is 11.8. The lowest BCUT2D eigenvalue weighted by Crippen LogP contribution is -2.17. The molecule has 86 valence electrons. The van der Waals surface area contributed by atoms with Crippen LogP contribution < -0.4 is 0 Å². The van der Waals surface area contributed by atoms with Gasteiger partial charge in [-0.05, 0) is 38.2 Å². The highest BCUT2D eigenvalue weighted by Crippen LogP contribution is 2.37. The van der Waals surface area contributed by atoms with Gasteiger partial charge in [0.2, 0.25) is 0 Å². The molecular weight excluding hydrogens is 196 g/mol. The van der Waals surface area contributed by atoms with Gasteiger partial charge in [-0.3, -0.25) is 4.79 Å². The molecule has 1 heteroatoms. The van der Waals surface area contributed by atoms with E-state index < -0.39 is 0 Å². The molecule has 1 aliphatic carbocycles. The van der Waals surface area contributed by atoms with Crippen molar-refractivity contribution in [1.29, 1.82) is 0 Å². The van der Waals surface area contributed by atoms with Crippen LogP contribution >= 0.6 is 0 Å². The summed E-state index contributed by atoms with van der Waals surface area (Å²) in [5.74, 6) is 1.05. The maximum absolute atomic E-state index is 11.8. The molecule has 1 nitrogen and oxygen atoms in total. The van der Waals surface area contributed by atoms with Crippen LogP contribution in [0.1, 0.15) is 49.7 Å². The number of hydrogen-bond acceptors (Lipinski definition) is 1. The topological polar surface area (TPSA) is 17.1 Å². The van der Waals surface area contributed by atoms with E-state index in [-0.39, 0.29) is 5.92 Å². The fourth-order valence-electron chi connectivity index (χ4n) is 2.90. The van der Waals surface area contributed by atoms with Crippen LogP contribution in [0.15, 0.2) is 24.3 Å². The van der Waals surface area contributed by atoms with Crippen molar-refractivity contribution in [3.05, 3.63) is 35.4 Å². The number of benzene rings is 1. The molecule has 0 unspecified atom stereocenters. The number of carbonyl (C=O) groups excluding carboxylic acids is 1. The number of Topliss-reactive ketones (excluding diaryl/α,β-unsaturated/α-hetero) is 1. The first-order chi connectivity index (χ1) is 7.68. The van der Waals surface area contributed by atoms with Gasteiger partial charge >= 0.3 is 0 Å². The molecule has 2 rings (SSSR count). The molecule has 0 spiro atoms. The van der Waals surface area contributed by atoms with Crippen molar-refractivity contribution in [2.24, 2.45) is 5.92 Å². The van der Waals surface area contributed by atoms with Crippen molar-refractivity contribution in [3.8, 4) is 0 Å². The highest BCUT2D eigenvalue weighted by atomic mass is 16.1. The monoisotopic (exact) mass is 216 g/mol. The SMILES string of the molecule is CC(=O)[C@H](c1ccc(C)cc1)C1CCCC1. The van der Waals surface area contributed by atoms with Crippen molar-refractivity contribution in [1.82, 2.24) is 0 Å². The van der Waals surface area contributed by atoms with E-state index in [9.17, 15) is 4.79 Å². The highest BCUT2D eigenvalue weighted by Gasteiger charge is 2.29. The first-order valence-electron chi connectivity index (χ1n) is 6.25. The molecule has 1 aromatic rings. The lowest BCUT2D eigenvalue weighted by Gasteiger charge is -2.21. The van der Waals surface area contributed by atoms with Crippen molar-refractivity contribution < 1.29 is 4.79 Å². The van der Waals surface area contributed by atoms with Gasteiger partial charge in [-0.25, -0.2) is 0 Å². The van der Waals surface area contributed by atoms with E-state index in [4.69, 9.17) is 0 Å². The smallest absolute Gasteiger partial charge is 0.137 e. The molecule has 0 aromatic heterocycles. The van der Waals surface area contributed by atoms with Gasteiger partial charge in [0.1, 0.15) is 5.78 Å². The third-order valence-electron chi connectivity index (χ3n) is 3.75. The molecule has 0 amide bonds. The van der Waals surface area contributed by atoms with Gasteiger partial charge in [-0.15, -0.1) is 0 Å². The van der Waals surface area contributed by atoms with Crippen LogP contribution in [0.5, 0.6) is 0 Å². The first-order valence-corrected chi connectivity index (χ1v) is 6.25. The van der Waals surface area contributed by atoms with Gasteiger partial charge in [-0.2, -0.15) is 0 Å². The van der Waals surface area contributed by atoms with Gasteiger partial charge < -0.3 is 0 Å². The quantitative estimate of drug-likeness (QED) is 0.750. The van der Waals surface area contributed by atoms with Crippen LogP contribution in [0.2, 0.25) is 0 Å². The van der Waals surface area contributed by atoms with Crippen LogP contribution in [-0.2, 0) is 4.79 Å². The second-order valence-corrected chi connectivity index (χ2v) is 5.04. The Labute approximate surface area is 97.9 Å². The summed E-state index contributed by atoms with van der Waals surface area (Å²) in [5, 5.41) is 0. The Balaban J connectivity index is 2.24. The van der Waals surface area contributed by atoms with Crippen LogP contribution in [0.25, 0.3) is 0 Å². The van der Waals surface area contributed by atoms with Crippen LogP contribution in [0.4, 0.5) is 0 Å². The van der Waals surface area contributed by atoms with E-state index in [2.05, 4.69) is 31.2 Å². The second-order valence-electron chi connectivity index (χ2n) is 5.04. The Morgan fingerprint density at radius 1 is 1.19 bits per heavy atom. The number of rotatable bonds is 3. The average molecular weight is 216 g/mol. The average Bonchev–Trinajstić information content (AvgIpc) is 2.74. The first kappa shape index (κ1) is 11.4. The largest absolute Gasteiger partial charge is 0.299 e. The zero-order valence-electron chi connectivity index (χ0n) is 10.2. The van der Waals surface area contributed by atoms with Crippen molar-refractivity contribution in [3.63, 3.8) is 0 Å². The van der Waals surface area contributed by atoms with Gasteiger partial charge in [-0.1, -0.05) is 42.7 Å². The summed E-state index contributed by atoms with van der Waals surface area (Å²) in [6.07, 6.45) is 5.02. The number of ketones is 1. The Kier molecular flexibility index (Phi) is 3.42.